The first-order valence-corrected chi connectivity index (χ1v) is 7.27. The first-order chi connectivity index (χ1) is 9.84. The third kappa shape index (κ3) is 3.11. The summed E-state index contributed by atoms with van der Waals surface area (Å²) >= 11 is 1.26. The molecule has 2 rings (SSSR count). The second-order valence-electron chi connectivity index (χ2n) is 5.60. The van der Waals surface area contributed by atoms with Gasteiger partial charge in [-0.1, -0.05) is 32.9 Å². The van der Waals surface area contributed by atoms with E-state index in [0.717, 1.165) is 5.69 Å². The van der Waals surface area contributed by atoms with Crippen LogP contribution in [-0.4, -0.2) is 10.1 Å². The van der Waals surface area contributed by atoms with E-state index in [2.05, 4.69) is 4.98 Å². The monoisotopic (exact) mass is 302 g/mol. The summed E-state index contributed by atoms with van der Waals surface area (Å²) in [4.78, 5) is 4.38. The van der Waals surface area contributed by atoms with Crippen LogP contribution in [0.25, 0.3) is 11.3 Å². The van der Waals surface area contributed by atoms with E-state index < -0.39 is 5.82 Å². The summed E-state index contributed by atoms with van der Waals surface area (Å²) in [5, 5.41) is 21.7. The quantitative estimate of drug-likeness (QED) is 0.655. The van der Waals surface area contributed by atoms with Crippen LogP contribution in [0.1, 0.15) is 37.0 Å². The Labute approximate surface area is 127 Å². The van der Waals surface area contributed by atoms with Gasteiger partial charge in [0.15, 0.2) is 0 Å². The topological polar surface area (TPSA) is 56.9 Å². The van der Waals surface area contributed by atoms with Crippen molar-refractivity contribution in [3.8, 4) is 6.07 Å². The van der Waals surface area contributed by atoms with Gasteiger partial charge in [0.1, 0.15) is 28.2 Å². The molecule has 0 aliphatic carbocycles. The van der Waals surface area contributed by atoms with Gasteiger partial charge >= 0.3 is 0 Å². The molecule has 1 heterocycles. The highest BCUT2D eigenvalue weighted by molar-refractivity contribution is 7.11. The third-order valence-electron chi connectivity index (χ3n) is 2.96. The molecule has 0 unspecified atom stereocenters. The van der Waals surface area contributed by atoms with E-state index in [4.69, 9.17) is 0 Å². The highest BCUT2D eigenvalue weighted by Gasteiger charge is 2.21. The third-order valence-corrected chi connectivity index (χ3v) is 3.82. The van der Waals surface area contributed by atoms with Crippen LogP contribution in [0, 0.1) is 17.1 Å². The van der Waals surface area contributed by atoms with Crippen LogP contribution in [0.3, 0.4) is 0 Å². The fourth-order valence-corrected chi connectivity index (χ4v) is 2.76. The lowest BCUT2D eigenvalue weighted by Crippen LogP contribution is -2.11. The maximum absolute atomic E-state index is 13.7. The zero-order valence-electron chi connectivity index (χ0n) is 12.0. The van der Waals surface area contributed by atoms with E-state index in [1.807, 2.05) is 32.2 Å². The molecule has 21 heavy (non-hydrogen) atoms. The average Bonchev–Trinajstić information content (AvgIpc) is 2.89. The van der Waals surface area contributed by atoms with Crippen molar-refractivity contribution < 1.29 is 9.50 Å². The number of hydrogen-bond donors (Lipinski definition) is 1. The van der Waals surface area contributed by atoms with Crippen LogP contribution < -0.4 is 0 Å². The molecule has 0 saturated carbocycles. The lowest BCUT2D eigenvalue weighted by molar-refractivity contribution is 0.504. The lowest BCUT2D eigenvalue weighted by atomic mass is 9.93. The van der Waals surface area contributed by atoms with Gasteiger partial charge in [0, 0.05) is 10.8 Å². The van der Waals surface area contributed by atoms with Gasteiger partial charge < -0.3 is 5.11 Å². The number of thiazole rings is 1. The normalized spacial score (nSPS) is 12.7. The number of aliphatic hydroxyl groups is 1. The van der Waals surface area contributed by atoms with Crippen molar-refractivity contribution in [2.24, 2.45) is 0 Å². The maximum Gasteiger partial charge on any atom is 0.146 e. The molecule has 0 atom stereocenters. The van der Waals surface area contributed by atoms with Crippen molar-refractivity contribution in [3.05, 3.63) is 51.7 Å². The van der Waals surface area contributed by atoms with Crippen LogP contribution in [0.15, 0.2) is 29.6 Å². The van der Waals surface area contributed by atoms with Gasteiger partial charge in [0.25, 0.3) is 0 Å². The number of halogens is 1. The molecule has 0 spiro atoms. The Kier molecular flexibility index (Phi) is 4.10. The molecular weight excluding hydrogens is 287 g/mol. The Morgan fingerprint density at radius 3 is 2.52 bits per heavy atom. The van der Waals surface area contributed by atoms with E-state index >= 15 is 0 Å². The minimum Gasteiger partial charge on any atom is -0.506 e. The summed E-state index contributed by atoms with van der Waals surface area (Å²) in [6, 6.07) is 7.72. The zero-order valence-corrected chi connectivity index (χ0v) is 12.8. The van der Waals surface area contributed by atoms with Crippen molar-refractivity contribution in [2.45, 2.75) is 26.2 Å². The highest BCUT2D eigenvalue weighted by Crippen LogP contribution is 2.31. The van der Waals surface area contributed by atoms with Crippen molar-refractivity contribution in [1.82, 2.24) is 4.98 Å². The maximum atomic E-state index is 13.7. The van der Waals surface area contributed by atoms with Gasteiger partial charge in [-0.25, -0.2) is 9.37 Å². The smallest absolute Gasteiger partial charge is 0.146 e. The first kappa shape index (κ1) is 15.2. The number of aromatic nitrogens is 1. The Hall–Kier alpha value is -2.19. The highest BCUT2D eigenvalue weighted by atomic mass is 32.1. The van der Waals surface area contributed by atoms with Crippen molar-refractivity contribution in [1.29, 1.82) is 5.26 Å². The molecule has 1 aromatic carbocycles. The predicted octanol–water partition coefficient (Wildman–Crippen LogP) is 4.53. The van der Waals surface area contributed by atoms with Crippen LogP contribution in [-0.2, 0) is 5.41 Å². The van der Waals surface area contributed by atoms with Gasteiger partial charge in [0.2, 0.25) is 0 Å². The fourth-order valence-electron chi connectivity index (χ4n) is 1.72. The van der Waals surface area contributed by atoms with Gasteiger partial charge in [-0.05, 0) is 12.1 Å². The molecule has 0 aliphatic heterocycles. The molecule has 0 aliphatic rings. The molecular formula is C16H15FN2OS. The number of nitrogens with zero attached hydrogens (tertiary/aromatic N) is 2. The van der Waals surface area contributed by atoms with E-state index in [1.165, 1.54) is 29.5 Å². The number of aliphatic hydroxyl groups excluding tert-OH is 1. The summed E-state index contributed by atoms with van der Waals surface area (Å²) in [6.07, 6.45) is 0. The van der Waals surface area contributed by atoms with Gasteiger partial charge in [0.05, 0.1) is 11.3 Å². The minimum atomic E-state index is -0.574. The van der Waals surface area contributed by atoms with Crippen LogP contribution in [0.5, 0.6) is 0 Å². The second kappa shape index (κ2) is 5.66. The Morgan fingerprint density at radius 2 is 2.00 bits per heavy atom. The van der Waals surface area contributed by atoms with Crippen molar-refractivity contribution in [3.63, 3.8) is 0 Å². The molecule has 2 aromatic rings. The molecule has 108 valence electrons. The molecule has 0 radical (unpaired) electrons. The van der Waals surface area contributed by atoms with Gasteiger partial charge in [-0.15, -0.1) is 11.3 Å². The molecule has 0 amide bonds. The zero-order chi connectivity index (χ0) is 15.6. The van der Waals surface area contributed by atoms with Crippen molar-refractivity contribution in [2.75, 3.05) is 0 Å². The summed E-state index contributed by atoms with van der Waals surface area (Å²) in [5.74, 6) is -0.958. The Morgan fingerprint density at radius 1 is 1.33 bits per heavy atom. The first-order valence-electron chi connectivity index (χ1n) is 6.39. The Balaban J connectivity index is 2.54. The second-order valence-corrected chi connectivity index (χ2v) is 6.46. The van der Waals surface area contributed by atoms with Crippen LogP contribution >= 0.6 is 11.3 Å². The number of hydrogen-bond acceptors (Lipinski definition) is 4. The van der Waals surface area contributed by atoms with Crippen molar-refractivity contribution >= 4 is 22.7 Å². The van der Waals surface area contributed by atoms with E-state index in [1.54, 1.807) is 6.07 Å². The summed E-state index contributed by atoms with van der Waals surface area (Å²) in [6.45, 7) is 6.04. The summed E-state index contributed by atoms with van der Waals surface area (Å²) < 4.78 is 13.7. The van der Waals surface area contributed by atoms with Crippen LogP contribution in [0.4, 0.5) is 4.39 Å². The number of rotatable bonds is 2. The molecule has 3 nitrogen and oxygen atoms in total. The van der Waals surface area contributed by atoms with Gasteiger partial charge in [-0.2, -0.15) is 5.26 Å². The van der Waals surface area contributed by atoms with E-state index in [0.29, 0.717) is 5.01 Å². The SMILES string of the molecule is CC(C)(C)c1csc(C(C#N)=C(O)c2ccccc2F)n1. The minimum absolute atomic E-state index is 0.00144. The van der Waals surface area contributed by atoms with Crippen LogP contribution in [0.2, 0.25) is 0 Å². The summed E-state index contributed by atoms with van der Waals surface area (Å²) in [5.41, 5.74) is 0.668. The Bertz CT molecular complexity index is 735. The van der Waals surface area contributed by atoms with E-state index in [9.17, 15) is 14.8 Å². The molecule has 0 fully saturated rings. The molecule has 0 bridgehead atoms. The standard InChI is InChI=1S/C16H15FN2OS/c1-16(2,3)13-9-21-15(19-13)11(8-18)14(20)10-6-4-5-7-12(10)17/h4-7,9,20H,1-3H3. The fraction of sp³-hybridized carbons (Fsp3) is 0.250. The lowest BCUT2D eigenvalue weighted by Gasteiger charge is -2.14. The van der Waals surface area contributed by atoms with Gasteiger partial charge in [-0.3, -0.25) is 0 Å². The largest absolute Gasteiger partial charge is 0.506 e. The molecule has 5 heteroatoms. The number of benzene rings is 1. The molecule has 1 aromatic heterocycles. The predicted molar refractivity (Wildman–Crippen MR) is 82.3 cm³/mol. The molecule has 1 N–H and O–H groups in total. The van der Waals surface area contributed by atoms with E-state index in [-0.39, 0.29) is 22.3 Å². The molecule has 0 saturated heterocycles. The number of nitriles is 1. The average molecular weight is 302 g/mol. The number of allylic oxidation sites excluding steroid dienone is 1. The summed E-state index contributed by atoms with van der Waals surface area (Å²) in [7, 11) is 0.